The van der Waals surface area contributed by atoms with Gasteiger partial charge in [-0.2, -0.15) is 0 Å². The number of nitrogens with zero attached hydrogens (tertiary/aromatic N) is 2. The highest BCUT2D eigenvalue weighted by molar-refractivity contribution is 6.65. The Balaban J connectivity index is 1.72. The van der Waals surface area contributed by atoms with Crippen molar-refractivity contribution in [3.63, 3.8) is 0 Å². The molecular weight excluding hydrogens is 379 g/mol. The lowest BCUT2D eigenvalue weighted by Gasteiger charge is -2.32. The lowest BCUT2D eigenvalue weighted by Crippen LogP contribution is -2.41. The van der Waals surface area contributed by atoms with Gasteiger partial charge in [-0.25, -0.2) is 4.98 Å². The smallest absolute Gasteiger partial charge is 0.399 e. The molecule has 0 saturated carbocycles. The summed E-state index contributed by atoms with van der Waals surface area (Å²) in [6.07, 6.45) is 3.54. The molecule has 2 aromatic carbocycles. The molecule has 0 N–H and O–H groups in total. The Kier molecular flexibility index (Phi) is 4.54. The summed E-state index contributed by atoms with van der Waals surface area (Å²) in [5, 5.41) is 2.52. The summed E-state index contributed by atoms with van der Waals surface area (Å²) in [5.74, 6) is 0. The van der Waals surface area contributed by atoms with Crippen LogP contribution in [0.4, 0.5) is 0 Å². The van der Waals surface area contributed by atoms with E-state index in [9.17, 15) is 4.79 Å². The molecule has 0 spiro atoms. The molecule has 5 rings (SSSR count). The standard InChI is InChI=1S/C23H27BN2O4/c1-22(2)23(3,4)30-24(29-22)19-12-18-20(17-10-6-5-9-16(17)19)25-14-26(21(18)27)15-8-7-11-28-13-15/h5-6,9-10,12,14-15H,7-8,11,13H2,1-4H3/t15-/m1/s1. The molecule has 3 aromatic rings. The topological polar surface area (TPSA) is 62.6 Å². The SMILES string of the molecule is CC1(C)OB(c2cc3c(=O)n([C@@H]4CCCOC4)cnc3c3ccccc23)OC1(C)C. The zero-order chi connectivity index (χ0) is 21.1. The minimum absolute atomic E-state index is 0.0231. The van der Waals surface area contributed by atoms with Crippen molar-refractivity contribution in [2.45, 2.75) is 57.8 Å². The van der Waals surface area contributed by atoms with Gasteiger partial charge in [0.2, 0.25) is 0 Å². The highest BCUT2D eigenvalue weighted by Crippen LogP contribution is 2.37. The zero-order valence-electron chi connectivity index (χ0n) is 18.0. The first-order valence-electron chi connectivity index (χ1n) is 10.6. The number of benzene rings is 2. The molecule has 1 aromatic heterocycles. The van der Waals surface area contributed by atoms with Crippen molar-refractivity contribution in [2.75, 3.05) is 13.2 Å². The maximum Gasteiger partial charge on any atom is 0.495 e. The van der Waals surface area contributed by atoms with Gasteiger partial charge in [0.1, 0.15) is 0 Å². The van der Waals surface area contributed by atoms with E-state index in [1.807, 2.05) is 58.0 Å². The van der Waals surface area contributed by atoms with Gasteiger partial charge in [-0.05, 0) is 57.5 Å². The van der Waals surface area contributed by atoms with E-state index < -0.39 is 18.3 Å². The Morgan fingerprint density at radius 1 is 1.07 bits per heavy atom. The molecule has 0 radical (unpaired) electrons. The van der Waals surface area contributed by atoms with Crippen molar-refractivity contribution in [3.05, 3.63) is 47.0 Å². The fourth-order valence-electron chi connectivity index (χ4n) is 4.37. The predicted octanol–water partition coefficient (Wildman–Crippen LogP) is 3.20. The summed E-state index contributed by atoms with van der Waals surface area (Å²) in [4.78, 5) is 18.2. The minimum Gasteiger partial charge on any atom is -0.399 e. The van der Waals surface area contributed by atoms with Gasteiger partial charge in [0, 0.05) is 12.0 Å². The molecule has 2 saturated heterocycles. The molecule has 2 fully saturated rings. The number of hydrogen-bond acceptors (Lipinski definition) is 5. The first kappa shape index (κ1) is 19.7. The molecule has 0 amide bonds. The normalized spacial score (nSPS) is 23.3. The second kappa shape index (κ2) is 6.90. The molecular formula is C23H27BN2O4. The van der Waals surface area contributed by atoms with Crippen molar-refractivity contribution < 1.29 is 14.0 Å². The third kappa shape index (κ3) is 2.99. The zero-order valence-corrected chi connectivity index (χ0v) is 18.0. The summed E-state index contributed by atoms with van der Waals surface area (Å²) in [6, 6.07) is 9.94. The Bertz CT molecular complexity index is 1160. The number of hydrogen-bond donors (Lipinski definition) is 0. The van der Waals surface area contributed by atoms with E-state index in [1.54, 1.807) is 10.9 Å². The van der Waals surface area contributed by atoms with Crippen molar-refractivity contribution in [1.29, 1.82) is 0 Å². The molecule has 156 valence electrons. The molecule has 2 aliphatic heterocycles. The van der Waals surface area contributed by atoms with Crippen LogP contribution in [0.15, 0.2) is 41.5 Å². The quantitative estimate of drug-likeness (QED) is 0.483. The molecule has 3 heterocycles. The van der Waals surface area contributed by atoms with Crippen molar-refractivity contribution in [3.8, 4) is 0 Å². The number of aromatic nitrogens is 2. The van der Waals surface area contributed by atoms with Gasteiger partial charge in [-0.3, -0.25) is 9.36 Å². The van der Waals surface area contributed by atoms with E-state index in [0.717, 1.165) is 35.7 Å². The molecule has 30 heavy (non-hydrogen) atoms. The average molecular weight is 406 g/mol. The van der Waals surface area contributed by atoms with E-state index in [2.05, 4.69) is 0 Å². The van der Waals surface area contributed by atoms with Crippen molar-refractivity contribution in [1.82, 2.24) is 9.55 Å². The van der Waals surface area contributed by atoms with Crippen LogP contribution in [0.5, 0.6) is 0 Å². The summed E-state index contributed by atoms with van der Waals surface area (Å²) < 4.78 is 20.0. The first-order chi connectivity index (χ1) is 14.3. The molecule has 0 aliphatic carbocycles. The van der Waals surface area contributed by atoms with Crippen LogP contribution in [0.2, 0.25) is 0 Å². The highest BCUT2D eigenvalue weighted by atomic mass is 16.7. The summed E-state index contributed by atoms with van der Waals surface area (Å²) in [7, 11) is -0.546. The average Bonchev–Trinajstić information content (AvgIpc) is 2.95. The second-order valence-corrected chi connectivity index (χ2v) is 9.32. The molecule has 7 heteroatoms. The monoisotopic (exact) mass is 406 g/mol. The Morgan fingerprint density at radius 3 is 2.43 bits per heavy atom. The lowest BCUT2D eigenvalue weighted by atomic mass is 9.75. The van der Waals surface area contributed by atoms with E-state index in [-0.39, 0.29) is 11.6 Å². The fraction of sp³-hybridized carbons (Fsp3) is 0.478. The molecule has 2 aliphatic rings. The predicted molar refractivity (Wildman–Crippen MR) is 118 cm³/mol. The van der Waals surface area contributed by atoms with Crippen LogP contribution in [0.3, 0.4) is 0 Å². The fourth-order valence-corrected chi connectivity index (χ4v) is 4.37. The molecule has 6 nitrogen and oxygen atoms in total. The van der Waals surface area contributed by atoms with Crippen LogP contribution in [0, 0.1) is 0 Å². The molecule has 0 unspecified atom stereocenters. The maximum atomic E-state index is 13.5. The minimum atomic E-state index is -0.546. The van der Waals surface area contributed by atoms with Gasteiger partial charge in [0.05, 0.1) is 41.1 Å². The van der Waals surface area contributed by atoms with Gasteiger partial charge in [0.25, 0.3) is 5.56 Å². The van der Waals surface area contributed by atoms with E-state index in [0.29, 0.717) is 17.5 Å². The van der Waals surface area contributed by atoms with Crippen LogP contribution in [-0.2, 0) is 14.0 Å². The third-order valence-electron chi connectivity index (χ3n) is 6.86. The van der Waals surface area contributed by atoms with Crippen LogP contribution in [0.1, 0.15) is 46.6 Å². The Labute approximate surface area is 176 Å². The number of rotatable bonds is 2. The van der Waals surface area contributed by atoms with Gasteiger partial charge < -0.3 is 14.0 Å². The van der Waals surface area contributed by atoms with Crippen LogP contribution in [0.25, 0.3) is 21.7 Å². The van der Waals surface area contributed by atoms with Crippen molar-refractivity contribution in [2.24, 2.45) is 0 Å². The highest BCUT2D eigenvalue weighted by Gasteiger charge is 2.52. The van der Waals surface area contributed by atoms with Crippen LogP contribution in [-0.4, -0.2) is 41.1 Å². The van der Waals surface area contributed by atoms with Gasteiger partial charge >= 0.3 is 7.12 Å². The Morgan fingerprint density at radius 2 is 1.77 bits per heavy atom. The van der Waals surface area contributed by atoms with Gasteiger partial charge in [0.15, 0.2) is 0 Å². The summed E-state index contributed by atoms with van der Waals surface area (Å²) in [6.45, 7) is 9.44. The number of ether oxygens (including phenoxy) is 1. The largest absolute Gasteiger partial charge is 0.495 e. The molecule has 0 bridgehead atoms. The Hall–Kier alpha value is -2.22. The van der Waals surface area contributed by atoms with E-state index in [4.69, 9.17) is 19.0 Å². The van der Waals surface area contributed by atoms with E-state index >= 15 is 0 Å². The first-order valence-corrected chi connectivity index (χ1v) is 10.6. The van der Waals surface area contributed by atoms with E-state index in [1.165, 1.54) is 0 Å². The lowest BCUT2D eigenvalue weighted by molar-refractivity contribution is 0.00578. The maximum absolute atomic E-state index is 13.5. The van der Waals surface area contributed by atoms with Crippen LogP contribution < -0.4 is 11.0 Å². The number of fused-ring (bicyclic) bond motifs is 3. The van der Waals surface area contributed by atoms with Gasteiger partial charge in [-0.15, -0.1) is 0 Å². The molecule has 1 atom stereocenters. The summed E-state index contributed by atoms with van der Waals surface area (Å²) in [5.41, 5.74) is 0.626. The van der Waals surface area contributed by atoms with Crippen LogP contribution >= 0.6 is 0 Å². The van der Waals surface area contributed by atoms with Crippen molar-refractivity contribution >= 4 is 34.3 Å². The summed E-state index contributed by atoms with van der Waals surface area (Å²) >= 11 is 0. The van der Waals surface area contributed by atoms with Gasteiger partial charge in [-0.1, -0.05) is 24.3 Å². The third-order valence-corrected chi connectivity index (χ3v) is 6.86. The second-order valence-electron chi connectivity index (χ2n) is 9.32.